The molecule has 1 fully saturated rings. The maximum absolute atomic E-state index is 4.27. The second-order valence-electron chi connectivity index (χ2n) is 3.33. The second kappa shape index (κ2) is 4.02. The lowest BCUT2D eigenvalue weighted by molar-refractivity contribution is 0.479. The van der Waals surface area contributed by atoms with Gasteiger partial charge in [0, 0.05) is 24.1 Å². The number of hydrogen-bond acceptors (Lipinski definition) is 5. The molecule has 5 heteroatoms. The molecule has 1 aromatic heterocycles. The molecule has 1 atom stereocenters. The Morgan fingerprint density at radius 3 is 3.15 bits per heavy atom. The Morgan fingerprint density at radius 2 is 2.54 bits per heavy atom. The third kappa shape index (κ3) is 2.38. The molecule has 72 valence electrons. The van der Waals surface area contributed by atoms with Crippen LogP contribution in [0, 0.1) is 6.92 Å². The summed E-state index contributed by atoms with van der Waals surface area (Å²) in [6.45, 7) is 4.10. The van der Waals surface area contributed by atoms with Crippen LogP contribution in [0.25, 0.3) is 0 Å². The third-order valence-corrected chi connectivity index (χ3v) is 2.89. The van der Waals surface area contributed by atoms with Crippen LogP contribution in [-0.4, -0.2) is 28.5 Å². The molecule has 0 aliphatic carbocycles. The van der Waals surface area contributed by atoms with Crippen molar-refractivity contribution in [3.63, 3.8) is 0 Å². The van der Waals surface area contributed by atoms with Crippen molar-refractivity contribution in [2.75, 3.05) is 18.4 Å². The van der Waals surface area contributed by atoms with Gasteiger partial charge < -0.3 is 10.6 Å². The van der Waals surface area contributed by atoms with Crippen molar-refractivity contribution in [1.82, 2.24) is 14.7 Å². The fourth-order valence-electron chi connectivity index (χ4n) is 1.51. The molecule has 1 aromatic rings. The van der Waals surface area contributed by atoms with Crippen molar-refractivity contribution in [2.24, 2.45) is 0 Å². The van der Waals surface area contributed by atoms with Gasteiger partial charge in [0.25, 0.3) is 0 Å². The van der Waals surface area contributed by atoms with E-state index in [1.807, 2.05) is 6.92 Å². The minimum atomic E-state index is 0.529. The van der Waals surface area contributed by atoms with Crippen LogP contribution in [0.4, 0.5) is 5.13 Å². The van der Waals surface area contributed by atoms with Crippen molar-refractivity contribution in [2.45, 2.75) is 25.8 Å². The average molecular weight is 198 g/mol. The quantitative estimate of drug-likeness (QED) is 0.744. The fourth-order valence-corrected chi connectivity index (χ4v) is 2.16. The maximum Gasteiger partial charge on any atom is 0.202 e. The van der Waals surface area contributed by atoms with E-state index in [0.717, 1.165) is 24.0 Å². The van der Waals surface area contributed by atoms with Gasteiger partial charge in [-0.05, 0) is 26.3 Å². The number of hydrogen-bond donors (Lipinski definition) is 2. The van der Waals surface area contributed by atoms with E-state index >= 15 is 0 Å². The first kappa shape index (κ1) is 8.90. The zero-order chi connectivity index (χ0) is 9.10. The van der Waals surface area contributed by atoms with Crippen LogP contribution in [0.15, 0.2) is 0 Å². The normalized spacial score (nSPS) is 23.0. The fraction of sp³-hybridized carbons (Fsp3) is 0.750. The van der Waals surface area contributed by atoms with Gasteiger partial charge in [0.05, 0.1) is 0 Å². The lowest BCUT2D eigenvalue weighted by atomic mass is 10.1. The van der Waals surface area contributed by atoms with Gasteiger partial charge in [-0.15, -0.1) is 0 Å². The highest BCUT2D eigenvalue weighted by Gasteiger charge is 2.13. The highest BCUT2D eigenvalue weighted by atomic mass is 32.1. The Bertz CT molecular complexity index is 267. The van der Waals surface area contributed by atoms with Gasteiger partial charge in [0.15, 0.2) is 0 Å². The van der Waals surface area contributed by atoms with Gasteiger partial charge in [-0.3, -0.25) is 0 Å². The number of aryl methyl sites for hydroxylation is 1. The summed E-state index contributed by atoms with van der Waals surface area (Å²) >= 11 is 1.44. The Balaban J connectivity index is 1.89. The molecule has 0 radical (unpaired) electrons. The smallest absolute Gasteiger partial charge is 0.202 e. The van der Waals surface area contributed by atoms with Crippen molar-refractivity contribution in [3.05, 3.63) is 5.82 Å². The summed E-state index contributed by atoms with van der Waals surface area (Å²) < 4.78 is 4.13. The molecule has 2 heterocycles. The summed E-state index contributed by atoms with van der Waals surface area (Å²) in [5.74, 6) is 0.858. The van der Waals surface area contributed by atoms with E-state index in [0.29, 0.717) is 6.04 Å². The summed E-state index contributed by atoms with van der Waals surface area (Å²) in [5.41, 5.74) is 0. The largest absolute Gasteiger partial charge is 0.356 e. The first-order chi connectivity index (χ1) is 6.34. The van der Waals surface area contributed by atoms with Gasteiger partial charge in [-0.25, -0.2) is 4.98 Å². The Labute approximate surface area is 81.9 Å². The first-order valence-corrected chi connectivity index (χ1v) is 5.39. The highest BCUT2D eigenvalue weighted by Crippen LogP contribution is 2.14. The maximum atomic E-state index is 4.27. The van der Waals surface area contributed by atoms with Crippen molar-refractivity contribution >= 4 is 16.7 Å². The van der Waals surface area contributed by atoms with E-state index in [1.165, 1.54) is 24.4 Å². The third-order valence-electron chi connectivity index (χ3n) is 2.15. The zero-order valence-corrected chi connectivity index (χ0v) is 8.52. The second-order valence-corrected chi connectivity index (χ2v) is 4.09. The number of nitrogens with one attached hydrogen (secondary N) is 2. The van der Waals surface area contributed by atoms with E-state index in [4.69, 9.17) is 0 Å². The van der Waals surface area contributed by atoms with E-state index in [1.54, 1.807) is 0 Å². The molecule has 4 nitrogen and oxygen atoms in total. The summed E-state index contributed by atoms with van der Waals surface area (Å²) in [5, 5.41) is 7.69. The van der Waals surface area contributed by atoms with Crippen LogP contribution in [0.2, 0.25) is 0 Å². The van der Waals surface area contributed by atoms with E-state index in [9.17, 15) is 0 Å². The summed E-state index contributed by atoms with van der Waals surface area (Å²) in [6.07, 6.45) is 2.47. The van der Waals surface area contributed by atoms with E-state index in [-0.39, 0.29) is 0 Å². The number of piperidine rings is 1. The van der Waals surface area contributed by atoms with Crippen LogP contribution >= 0.6 is 11.5 Å². The zero-order valence-electron chi connectivity index (χ0n) is 7.71. The van der Waals surface area contributed by atoms with Crippen LogP contribution in [0.5, 0.6) is 0 Å². The summed E-state index contributed by atoms with van der Waals surface area (Å²) in [4.78, 5) is 4.27. The Hall–Kier alpha value is -0.680. The number of anilines is 1. The minimum absolute atomic E-state index is 0.529. The van der Waals surface area contributed by atoms with Crippen molar-refractivity contribution in [1.29, 1.82) is 0 Å². The number of rotatable bonds is 2. The van der Waals surface area contributed by atoms with Crippen molar-refractivity contribution < 1.29 is 0 Å². The summed E-state index contributed by atoms with van der Waals surface area (Å²) in [7, 11) is 0. The monoisotopic (exact) mass is 198 g/mol. The van der Waals surface area contributed by atoms with E-state index in [2.05, 4.69) is 20.0 Å². The van der Waals surface area contributed by atoms with Crippen LogP contribution in [-0.2, 0) is 0 Å². The number of nitrogens with zero attached hydrogens (tertiary/aromatic N) is 2. The molecular weight excluding hydrogens is 184 g/mol. The predicted molar refractivity (Wildman–Crippen MR) is 54.2 cm³/mol. The molecule has 1 saturated heterocycles. The van der Waals surface area contributed by atoms with Gasteiger partial charge in [-0.1, -0.05) is 0 Å². The SMILES string of the molecule is Cc1nsc(NC2CCCNC2)n1. The molecule has 0 spiro atoms. The molecule has 1 aliphatic heterocycles. The molecular formula is C8H14N4S. The molecule has 1 aliphatic rings. The van der Waals surface area contributed by atoms with Gasteiger partial charge in [0.2, 0.25) is 5.13 Å². The van der Waals surface area contributed by atoms with Gasteiger partial charge in [0.1, 0.15) is 5.82 Å². The minimum Gasteiger partial charge on any atom is -0.356 e. The number of aromatic nitrogens is 2. The molecule has 1 unspecified atom stereocenters. The van der Waals surface area contributed by atoms with E-state index < -0.39 is 0 Å². The topological polar surface area (TPSA) is 49.8 Å². The Morgan fingerprint density at radius 1 is 1.62 bits per heavy atom. The first-order valence-electron chi connectivity index (χ1n) is 4.62. The lowest BCUT2D eigenvalue weighted by Gasteiger charge is -2.23. The molecule has 13 heavy (non-hydrogen) atoms. The van der Waals surface area contributed by atoms with Crippen molar-refractivity contribution in [3.8, 4) is 0 Å². The van der Waals surface area contributed by atoms with Gasteiger partial charge in [-0.2, -0.15) is 4.37 Å². The van der Waals surface area contributed by atoms with Crippen LogP contribution < -0.4 is 10.6 Å². The molecule has 2 N–H and O–H groups in total. The lowest BCUT2D eigenvalue weighted by Crippen LogP contribution is -2.38. The average Bonchev–Trinajstić information content (AvgIpc) is 2.53. The van der Waals surface area contributed by atoms with Crippen LogP contribution in [0.1, 0.15) is 18.7 Å². The molecule has 2 rings (SSSR count). The molecule has 0 amide bonds. The highest BCUT2D eigenvalue weighted by molar-refractivity contribution is 7.09. The van der Waals surface area contributed by atoms with Gasteiger partial charge >= 0.3 is 0 Å². The molecule has 0 aromatic carbocycles. The standard InChI is InChI=1S/C8H14N4S/c1-6-10-8(13-12-6)11-7-3-2-4-9-5-7/h7,9H,2-5H2,1H3,(H,10,11,12). The van der Waals surface area contributed by atoms with Crippen LogP contribution in [0.3, 0.4) is 0 Å². The summed E-state index contributed by atoms with van der Waals surface area (Å²) in [6, 6.07) is 0.529. The molecule has 0 bridgehead atoms. The predicted octanol–water partition coefficient (Wildman–Crippen LogP) is 1.01. The molecule has 0 saturated carbocycles. The Kier molecular flexibility index (Phi) is 2.75.